The number of fused-ring (bicyclic) bond motifs is 2. The fraction of sp³-hybridized carbons (Fsp3) is 0.500. The average molecular weight is 243 g/mol. The van der Waals surface area contributed by atoms with E-state index in [0.29, 0.717) is 0 Å². The van der Waals surface area contributed by atoms with Crippen LogP contribution >= 0.6 is 0 Å². The van der Waals surface area contributed by atoms with E-state index in [1.165, 1.54) is 31.5 Å². The van der Waals surface area contributed by atoms with E-state index < -0.39 is 0 Å². The van der Waals surface area contributed by atoms with Gasteiger partial charge in [-0.3, -0.25) is 4.90 Å². The average Bonchev–Trinajstić information content (AvgIpc) is 2.63. The number of hydrogen-bond acceptors (Lipinski definition) is 2. The minimum atomic E-state index is 0.729. The van der Waals surface area contributed by atoms with Crippen molar-refractivity contribution in [3.8, 4) is 0 Å². The summed E-state index contributed by atoms with van der Waals surface area (Å²) in [6.45, 7) is 3.48. The third kappa shape index (κ3) is 2.30. The molecule has 0 spiro atoms. The lowest BCUT2D eigenvalue weighted by Gasteiger charge is -2.33. The maximum absolute atomic E-state index is 5.24. The molecule has 2 heteroatoms. The number of rotatable bonds is 3. The molecule has 0 amide bonds. The Labute approximate surface area is 109 Å². The van der Waals surface area contributed by atoms with Crippen molar-refractivity contribution in [1.29, 1.82) is 0 Å². The zero-order chi connectivity index (χ0) is 12.4. The first kappa shape index (κ1) is 11.8. The predicted molar refractivity (Wildman–Crippen MR) is 73.0 cm³/mol. The van der Waals surface area contributed by atoms with E-state index in [-0.39, 0.29) is 0 Å². The van der Waals surface area contributed by atoms with E-state index in [2.05, 4.69) is 35.2 Å². The summed E-state index contributed by atoms with van der Waals surface area (Å²) in [6.07, 6.45) is 4.68. The molecule has 2 bridgehead atoms. The molecule has 1 saturated carbocycles. The topological polar surface area (TPSA) is 12.5 Å². The quantitative estimate of drug-likeness (QED) is 0.757. The van der Waals surface area contributed by atoms with E-state index in [1.54, 1.807) is 12.7 Å². The van der Waals surface area contributed by atoms with Gasteiger partial charge in [-0.05, 0) is 35.8 Å². The smallest absolute Gasteiger partial charge is 0.0823 e. The standard InChI is InChI=1S/C16H21NO/c1-18-12-16-14-7-8-15(16)11-17(10-14)9-13-5-3-2-4-6-13/h2-6,12,14-15H,7-11H2,1H3. The third-order valence-corrected chi connectivity index (χ3v) is 4.27. The van der Waals surface area contributed by atoms with E-state index in [9.17, 15) is 0 Å². The van der Waals surface area contributed by atoms with Gasteiger partial charge < -0.3 is 4.74 Å². The van der Waals surface area contributed by atoms with Crippen LogP contribution in [0.15, 0.2) is 42.2 Å². The highest BCUT2D eigenvalue weighted by Crippen LogP contribution is 2.41. The van der Waals surface area contributed by atoms with E-state index in [4.69, 9.17) is 4.74 Å². The van der Waals surface area contributed by atoms with Gasteiger partial charge in [-0.25, -0.2) is 0 Å². The van der Waals surface area contributed by atoms with Crippen LogP contribution in [-0.2, 0) is 11.3 Å². The molecule has 2 aliphatic rings. The molecule has 2 atom stereocenters. The van der Waals surface area contributed by atoms with E-state index in [0.717, 1.165) is 18.4 Å². The van der Waals surface area contributed by atoms with Crippen LogP contribution in [0, 0.1) is 11.8 Å². The molecule has 0 radical (unpaired) electrons. The molecule has 2 fully saturated rings. The number of methoxy groups -OCH3 is 1. The van der Waals surface area contributed by atoms with E-state index in [1.807, 2.05) is 6.26 Å². The largest absolute Gasteiger partial charge is 0.504 e. The van der Waals surface area contributed by atoms with Gasteiger partial charge >= 0.3 is 0 Å². The summed E-state index contributed by atoms with van der Waals surface area (Å²) in [5.41, 5.74) is 2.98. The zero-order valence-electron chi connectivity index (χ0n) is 11.0. The van der Waals surface area contributed by atoms with Gasteiger partial charge in [0.15, 0.2) is 0 Å². The molecule has 1 aromatic carbocycles. The second-order valence-electron chi connectivity index (χ2n) is 5.50. The zero-order valence-corrected chi connectivity index (χ0v) is 11.0. The Balaban J connectivity index is 1.67. The maximum Gasteiger partial charge on any atom is 0.0823 e. The molecule has 0 aromatic heterocycles. The van der Waals surface area contributed by atoms with Gasteiger partial charge in [-0.15, -0.1) is 0 Å². The van der Waals surface area contributed by atoms with Crippen molar-refractivity contribution in [2.24, 2.45) is 11.8 Å². The van der Waals surface area contributed by atoms with E-state index >= 15 is 0 Å². The van der Waals surface area contributed by atoms with Crippen LogP contribution in [0.3, 0.4) is 0 Å². The molecule has 2 nitrogen and oxygen atoms in total. The molecule has 3 rings (SSSR count). The molecule has 96 valence electrons. The Morgan fingerprint density at radius 2 is 1.83 bits per heavy atom. The highest BCUT2D eigenvalue weighted by molar-refractivity contribution is 5.19. The molecule has 1 aromatic rings. The maximum atomic E-state index is 5.24. The van der Waals surface area contributed by atoms with Crippen molar-refractivity contribution in [1.82, 2.24) is 4.90 Å². The lowest BCUT2D eigenvalue weighted by atomic mass is 9.92. The molecular formula is C16H21NO. The first-order valence-corrected chi connectivity index (χ1v) is 6.86. The molecular weight excluding hydrogens is 222 g/mol. The number of piperidine rings is 1. The Bertz CT molecular complexity index is 410. The SMILES string of the molecule is COC=C1C2CCC1CN(Cc1ccccc1)C2. The number of ether oxygens (including phenoxy) is 1. The Kier molecular flexibility index (Phi) is 3.37. The second kappa shape index (κ2) is 5.15. The van der Waals surface area contributed by atoms with Crippen LogP contribution in [0.25, 0.3) is 0 Å². The molecule has 1 aliphatic carbocycles. The lowest BCUT2D eigenvalue weighted by Crippen LogP contribution is -2.37. The van der Waals surface area contributed by atoms with Gasteiger partial charge in [0, 0.05) is 19.6 Å². The molecule has 1 heterocycles. The van der Waals surface area contributed by atoms with Gasteiger partial charge in [0.1, 0.15) is 0 Å². The number of hydrogen-bond donors (Lipinski definition) is 0. The number of benzene rings is 1. The Morgan fingerprint density at radius 3 is 2.44 bits per heavy atom. The van der Waals surface area contributed by atoms with Crippen LogP contribution in [0.4, 0.5) is 0 Å². The van der Waals surface area contributed by atoms with Crippen molar-refractivity contribution in [2.45, 2.75) is 19.4 Å². The van der Waals surface area contributed by atoms with Crippen LogP contribution in [0.1, 0.15) is 18.4 Å². The van der Waals surface area contributed by atoms with Crippen molar-refractivity contribution < 1.29 is 4.74 Å². The van der Waals surface area contributed by atoms with Gasteiger partial charge in [0.25, 0.3) is 0 Å². The Hall–Kier alpha value is -1.28. The fourth-order valence-corrected chi connectivity index (χ4v) is 3.46. The normalized spacial score (nSPS) is 27.3. The predicted octanol–water partition coefficient (Wildman–Crippen LogP) is 3.06. The van der Waals surface area contributed by atoms with Crippen LogP contribution in [-0.4, -0.2) is 25.1 Å². The van der Waals surface area contributed by atoms with Gasteiger partial charge in [0.05, 0.1) is 13.4 Å². The molecule has 2 unspecified atom stereocenters. The summed E-state index contributed by atoms with van der Waals surface area (Å²) >= 11 is 0. The van der Waals surface area contributed by atoms with Gasteiger partial charge in [-0.1, -0.05) is 30.3 Å². The Morgan fingerprint density at radius 1 is 1.17 bits per heavy atom. The summed E-state index contributed by atoms with van der Waals surface area (Å²) in [7, 11) is 1.77. The van der Waals surface area contributed by atoms with Crippen LogP contribution < -0.4 is 0 Å². The minimum Gasteiger partial charge on any atom is -0.504 e. The summed E-state index contributed by atoms with van der Waals surface area (Å²) in [6, 6.07) is 10.8. The first-order chi connectivity index (χ1) is 8.86. The fourth-order valence-electron chi connectivity index (χ4n) is 3.46. The number of nitrogens with zero attached hydrogens (tertiary/aromatic N) is 1. The van der Waals surface area contributed by atoms with Gasteiger partial charge in [-0.2, -0.15) is 0 Å². The number of likely N-dealkylation sites (tertiary alicyclic amines) is 1. The third-order valence-electron chi connectivity index (χ3n) is 4.27. The summed E-state index contributed by atoms with van der Waals surface area (Å²) < 4.78 is 5.24. The van der Waals surface area contributed by atoms with Crippen molar-refractivity contribution >= 4 is 0 Å². The highest BCUT2D eigenvalue weighted by atomic mass is 16.5. The van der Waals surface area contributed by atoms with Crippen molar-refractivity contribution in [3.63, 3.8) is 0 Å². The molecule has 1 saturated heterocycles. The van der Waals surface area contributed by atoms with Crippen LogP contribution in [0.5, 0.6) is 0 Å². The summed E-state index contributed by atoms with van der Waals surface area (Å²) in [5.74, 6) is 1.46. The van der Waals surface area contributed by atoms with Crippen molar-refractivity contribution in [2.75, 3.05) is 20.2 Å². The summed E-state index contributed by atoms with van der Waals surface area (Å²) in [4.78, 5) is 2.60. The highest BCUT2D eigenvalue weighted by Gasteiger charge is 2.37. The summed E-state index contributed by atoms with van der Waals surface area (Å²) in [5, 5.41) is 0. The molecule has 1 aliphatic heterocycles. The second-order valence-corrected chi connectivity index (χ2v) is 5.50. The lowest BCUT2D eigenvalue weighted by molar-refractivity contribution is 0.194. The monoisotopic (exact) mass is 243 g/mol. The first-order valence-electron chi connectivity index (χ1n) is 6.86. The van der Waals surface area contributed by atoms with Gasteiger partial charge in [0.2, 0.25) is 0 Å². The van der Waals surface area contributed by atoms with Crippen molar-refractivity contribution in [3.05, 3.63) is 47.7 Å². The molecule has 18 heavy (non-hydrogen) atoms. The minimum absolute atomic E-state index is 0.729. The van der Waals surface area contributed by atoms with Crippen LogP contribution in [0.2, 0.25) is 0 Å². The molecule has 0 N–H and O–H groups in total.